The molecule has 0 bridgehead atoms. The van der Waals surface area contributed by atoms with E-state index >= 15 is 0 Å². The number of halogens is 3. The Morgan fingerprint density at radius 1 is 0.970 bits per heavy atom. The Hall–Kier alpha value is -4.08. The van der Waals surface area contributed by atoms with Gasteiger partial charge in [0.15, 0.2) is 6.61 Å². The van der Waals surface area contributed by atoms with Crippen molar-refractivity contribution in [2.45, 2.75) is 12.7 Å². The van der Waals surface area contributed by atoms with Crippen LogP contribution in [0.5, 0.6) is 0 Å². The highest BCUT2D eigenvalue weighted by atomic mass is 19.4. The largest absolute Gasteiger partial charge is 0.465 e. The number of esters is 2. The maximum atomic E-state index is 12.9. The molecule has 3 rings (SSSR count). The standard InChI is InChI=1S/C23H18F3NO6/c1-31-21(29)15-7-5-14(6-8-15)12-27-20(28)13-32-22(30)19-10-9-18(33-19)16-3-2-4-17(11-16)23(24,25)26/h2-11H,12-13H2,1H3,(H,27,28). The van der Waals surface area contributed by atoms with Crippen molar-refractivity contribution in [3.8, 4) is 11.3 Å². The molecule has 172 valence electrons. The van der Waals surface area contributed by atoms with Crippen LogP contribution in [-0.4, -0.2) is 31.6 Å². The van der Waals surface area contributed by atoms with E-state index in [0.29, 0.717) is 11.1 Å². The highest BCUT2D eigenvalue weighted by molar-refractivity contribution is 5.90. The molecule has 0 saturated carbocycles. The molecule has 0 saturated heterocycles. The molecule has 1 aromatic heterocycles. The van der Waals surface area contributed by atoms with Gasteiger partial charge < -0.3 is 19.2 Å². The summed E-state index contributed by atoms with van der Waals surface area (Å²) in [4.78, 5) is 35.4. The summed E-state index contributed by atoms with van der Waals surface area (Å²) in [6.45, 7) is -0.447. The lowest BCUT2D eigenvalue weighted by Gasteiger charge is -2.07. The molecular weight excluding hydrogens is 443 g/mol. The molecule has 3 aromatic rings. The number of carbonyl (C=O) groups is 3. The van der Waals surface area contributed by atoms with Crippen LogP contribution in [0.4, 0.5) is 13.2 Å². The van der Waals surface area contributed by atoms with Crippen LogP contribution in [0.2, 0.25) is 0 Å². The first-order chi connectivity index (χ1) is 15.7. The Balaban J connectivity index is 1.51. The van der Waals surface area contributed by atoms with Gasteiger partial charge in [-0.1, -0.05) is 24.3 Å². The van der Waals surface area contributed by atoms with Crippen LogP contribution >= 0.6 is 0 Å². The van der Waals surface area contributed by atoms with Crippen LogP contribution in [0.1, 0.15) is 32.0 Å². The predicted molar refractivity (Wildman–Crippen MR) is 109 cm³/mol. The first kappa shape index (κ1) is 23.6. The Kier molecular flexibility index (Phi) is 7.17. The van der Waals surface area contributed by atoms with E-state index in [-0.39, 0.29) is 23.6 Å². The third-order valence-electron chi connectivity index (χ3n) is 4.48. The number of amides is 1. The molecule has 0 unspecified atom stereocenters. The minimum absolute atomic E-state index is 0.0490. The molecule has 0 aliphatic carbocycles. The van der Waals surface area contributed by atoms with Gasteiger partial charge in [-0.3, -0.25) is 4.79 Å². The lowest BCUT2D eigenvalue weighted by Crippen LogP contribution is -2.28. The van der Waals surface area contributed by atoms with Crippen molar-refractivity contribution in [3.05, 3.63) is 83.1 Å². The zero-order valence-electron chi connectivity index (χ0n) is 17.3. The quantitative estimate of drug-likeness (QED) is 0.530. The maximum Gasteiger partial charge on any atom is 0.416 e. The second-order valence-electron chi connectivity index (χ2n) is 6.78. The molecular formula is C23H18F3NO6. The Bertz CT molecular complexity index is 1150. The van der Waals surface area contributed by atoms with Crippen molar-refractivity contribution in [1.29, 1.82) is 0 Å². The van der Waals surface area contributed by atoms with Crippen molar-refractivity contribution in [2.75, 3.05) is 13.7 Å². The predicted octanol–water partition coefficient (Wildman–Crippen LogP) is 4.23. The summed E-state index contributed by atoms with van der Waals surface area (Å²) in [6.07, 6.45) is -4.51. The number of furan rings is 1. The molecule has 0 atom stereocenters. The number of ether oxygens (including phenoxy) is 2. The summed E-state index contributed by atoms with van der Waals surface area (Å²) >= 11 is 0. The highest BCUT2D eigenvalue weighted by Crippen LogP contribution is 2.32. The van der Waals surface area contributed by atoms with Gasteiger partial charge >= 0.3 is 18.1 Å². The maximum absolute atomic E-state index is 12.9. The van der Waals surface area contributed by atoms with Crippen molar-refractivity contribution < 1.29 is 41.4 Å². The molecule has 1 amide bonds. The van der Waals surface area contributed by atoms with Gasteiger partial charge in [-0.15, -0.1) is 0 Å². The van der Waals surface area contributed by atoms with E-state index < -0.39 is 36.2 Å². The van der Waals surface area contributed by atoms with Crippen molar-refractivity contribution in [3.63, 3.8) is 0 Å². The second kappa shape index (κ2) is 10.0. The monoisotopic (exact) mass is 461 g/mol. The number of rotatable bonds is 7. The molecule has 1 heterocycles. The van der Waals surface area contributed by atoms with E-state index in [1.54, 1.807) is 24.3 Å². The van der Waals surface area contributed by atoms with Crippen LogP contribution in [-0.2, 0) is 27.0 Å². The summed E-state index contributed by atoms with van der Waals surface area (Å²) in [6, 6.07) is 13.4. The van der Waals surface area contributed by atoms with Gasteiger partial charge in [0.2, 0.25) is 5.76 Å². The van der Waals surface area contributed by atoms with Crippen LogP contribution in [0.3, 0.4) is 0 Å². The van der Waals surface area contributed by atoms with E-state index in [2.05, 4.69) is 10.1 Å². The summed E-state index contributed by atoms with van der Waals surface area (Å²) in [5.41, 5.74) is 0.362. The molecule has 0 spiro atoms. The summed E-state index contributed by atoms with van der Waals surface area (Å²) < 4.78 is 53.4. The van der Waals surface area contributed by atoms with Gasteiger partial charge in [0, 0.05) is 12.1 Å². The number of benzene rings is 2. The second-order valence-corrected chi connectivity index (χ2v) is 6.78. The third-order valence-corrected chi connectivity index (χ3v) is 4.48. The average molecular weight is 461 g/mol. The fraction of sp³-hybridized carbons (Fsp3) is 0.174. The molecule has 2 aromatic carbocycles. The summed E-state index contributed by atoms with van der Waals surface area (Å²) in [5.74, 6) is -2.20. The minimum Gasteiger partial charge on any atom is -0.465 e. The van der Waals surface area contributed by atoms with Gasteiger partial charge in [-0.2, -0.15) is 13.2 Å². The van der Waals surface area contributed by atoms with E-state index in [9.17, 15) is 27.6 Å². The number of hydrogen-bond donors (Lipinski definition) is 1. The number of alkyl halides is 3. The number of hydrogen-bond acceptors (Lipinski definition) is 6. The van der Waals surface area contributed by atoms with Gasteiger partial charge in [-0.25, -0.2) is 9.59 Å². The van der Waals surface area contributed by atoms with Gasteiger partial charge in [0.05, 0.1) is 18.2 Å². The third kappa shape index (κ3) is 6.22. The zero-order chi connectivity index (χ0) is 24.0. The molecule has 33 heavy (non-hydrogen) atoms. The first-order valence-electron chi connectivity index (χ1n) is 9.56. The molecule has 7 nitrogen and oxygen atoms in total. The summed E-state index contributed by atoms with van der Waals surface area (Å²) in [5, 5.41) is 2.55. The van der Waals surface area contributed by atoms with E-state index in [4.69, 9.17) is 9.15 Å². The minimum atomic E-state index is -4.51. The smallest absolute Gasteiger partial charge is 0.416 e. The van der Waals surface area contributed by atoms with Crippen LogP contribution in [0.25, 0.3) is 11.3 Å². The van der Waals surface area contributed by atoms with Crippen LogP contribution in [0, 0.1) is 0 Å². The van der Waals surface area contributed by atoms with Crippen LogP contribution in [0.15, 0.2) is 65.1 Å². The molecule has 0 fully saturated rings. The molecule has 1 N–H and O–H groups in total. The van der Waals surface area contributed by atoms with Crippen LogP contribution < -0.4 is 5.32 Å². The first-order valence-corrected chi connectivity index (χ1v) is 9.56. The molecule has 0 radical (unpaired) electrons. The lowest BCUT2D eigenvalue weighted by atomic mass is 10.1. The SMILES string of the molecule is COC(=O)c1ccc(CNC(=O)COC(=O)c2ccc(-c3cccc(C(F)(F)F)c3)o2)cc1. The topological polar surface area (TPSA) is 94.8 Å². The fourth-order valence-electron chi connectivity index (χ4n) is 2.78. The highest BCUT2D eigenvalue weighted by Gasteiger charge is 2.30. The number of methoxy groups -OCH3 is 1. The van der Waals surface area contributed by atoms with E-state index in [0.717, 1.165) is 12.1 Å². The molecule has 0 aliphatic rings. The Labute approximate surface area is 186 Å². The molecule has 10 heteroatoms. The normalized spacial score (nSPS) is 11.0. The Morgan fingerprint density at radius 3 is 2.36 bits per heavy atom. The van der Waals surface area contributed by atoms with Gasteiger partial charge in [0.25, 0.3) is 5.91 Å². The fourth-order valence-corrected chi connectivity index (χ4v) is 2.78. The Morgan fingerprint density at radius 2 is 1.70 bits per heavy atom. The summed E-state index contributed by atoms with van der Waals surface area (Å²) in [7, 11) is 1.27. The van der Waals surface area contributed by atoms with E-state index in [1.165, 1.54) is 31.4 Å². The number of carbonyl (C=O) groups excluding carboxylic acids is 3. The van der Waals surface area contributed by atoms with E-state index in [1.807, 2.05) is 0 Å². The van der Waals surface area contributed by atoms with Gasteiger partial charge in [-0.05, 0) is 42.0 Å². The number of nitrogens with one attached hydrogen (secondary N) is 1. The zero-order valence-corrected chi connectivity index (χ0v) is 17.3. The molecule has 0 aliphatic heterocycles. The van der Waals surface area contributed by atoms with Crippen molar-refractivity contribution >= 4 is 17.8 Å². The average Bonchev–Trinajstić information content (AvgIpc) is 3.31. The van der Waals surface area contributed by atoms with Gasteiger partial charge in [0.1, 0.15) is 5.76 Å². The van der Waals surface area contributed by atoms with Crippen molar-refractivity contribution in [1.82, 2.24) is 5.32 Å². The van der Waals surface area contributed by atoms with Crippen molar-refractivity contribution in [2.24, 2.45) is 0 Å². The lowest BCUT2D eigenvalue weighted by molar-refractivity contribution is -0.137.